The Morgan fingerprint density at radius 2 is 1.74 bits per heavy atom. The van der Waals surface area contributed by atoms with Crippen LogP contribution in [0.1, 0.15) is 39.4 Å². The summed E-state index contributed by atoms with van der Waals surface area (Å²) in [6.07, 6.45) is 1.38. The molecule has 8 nitrogen and oxygen atoms in total. The molecule has 2 heterocycles. The molecule has 0 aliphatic heterocycles. The molecule has 0 aliphatic carbocycles. The van der Waals surface area contributed by atoms with Crippen LogP contribution in [0.25, 0.3) is 11.3 Å². The lowest BCUT2D eigenvalue weighted by molar-refractivity contribution is 0.0526. The van der Waals surface area contributed by atoms with Gasteiger partial charge in [-0.2, -0.15) is 5.10 Å². The third-order valence-electron chi connectivity index (χ3n) is 4.75. The molecule has 0 radical (unpaired) electrons. The molecule has 35 heavy (non-hydrogen) atoms. The number of furan rings is 2. The Morgan fingerprint density at radius 3 is 2.49 bits per heavy atom. The number of hydrogen-bond donors (Lipinski definition) is 1. The Labute approximate surface area is 209 Å². The monoisotopic (exact) mass is 536 g/mol. The van der Waals surface area contributed by atoms with Gasteiger partial charge in [0, 0.05) is 10.0 Å². The number of carbonyl (C=O) groups excluding carboxylic acids is 2. The maximum absolute atomic E-state index is 12.3. The lowest BCUT2D eigenvalue weighted by Gasteiger charge is -2.03. The van der Waals surface area contributed by atoms with Crippen LogP contribution in [0.5, 0.6) is 5.75 Å². The molecule has 0 spiro atoms. The molecule has 0 fully saturated rings. The number of carbonyl (C=O) groups is 2. The van der Waals surface area contributed by atoms with Crippen LogP contribution < -0.4 is 10.2 Å². The molecule has 0 bridgehead atoms. The second-order valence-corrected chi connectivity index (χ2v) is 8.12. The van der Waals surface area contributed by atoms with Crippen LogP contribution in [0.2, 0.25) is 0 Å². The predicted octanol–water partition coefficient (Wildman–Crippen LogP) is 5.82. The summed E-state index contributed by atoms with van der Waals surface area (Å²) in [7, 11) is 0. The molecule has 9 heteroatoms. The molecule has 0 unspecified atom stereocenters. The van der Waals surface area contributed by atoms with E-state index < -0.39 is 5.91 Å². The Kier molecular flexibility index (Phi) is 7.79. The zero-order valence-corrected chi connectivity index (χ0v) is 20.3. The van der Waals surface area contributed by atoms with Crippen LogP contribution in [0.3, 0.4) is 0 Å². The Morgan fingerprint density at radius 1 is 0.971 bits per heavy atom. The molecule has 1 N–H and O–H groups in total. The molecule has 4 aromatic rings. The van der Waals surface area contributed by atoms with Gasteiger partial charge in [0.25, 0.3) is 0 Å². The quantitative estimate of drug-likeness (QED) is 0.164. The van der Waals surface area contributed by atoms with Crippen LogP contribution in [-0.2, 0) is 11.3 Å². The topological polar surface area (TPSA) is 103 Å². The summed E-state index contributed by atoms with van der Waals surface area (Å²) >= 11 is 3.37. The van der Waals surface area contributed by atoms with E-state index in [1.807, 2.05) is 24.3 Å². The second-order valence-electron chi connectivity index (χ2n) is 7.21. The van der Waals surface area contributed by atoms with Gasteiger partial charge in [-0.1, -0.05) is 28.1 Å². The Bertz CT molecular complexity index is 1320. The smallest absolute Gasteiger partial charge is 0.338 e. The summed E-state index contributed by atoms with van der Waals surface area (Å²) in [5.41, 5.74) is 3.65. The SMILES string of the molecule is CCOC(=O)c1ccc(-c2ccc(/C=N\NC(=O)c3ccc(COc4ccc(Br)cc4)o3)o2)cc1. The van der Waals surface area contributed by atoms with Gasteiger partial charge in [0.2, 0.25) is 0 Å². The van der Waals surface area contributed by atoms with Crippen molar-refractivity contribution in [3.63, 3.8) is 0 Å². The standard InChI is InChI=1S/C26H21BrN2O6/c1-2-32-26(31)18-5-3-17(4-6-18)23-13-11-21(34-23)15-28-29-25(30)24-14-12-22(35-24)16-33-20-9-7-19(27)8-10-20/h3-15H,2,16H2,1H3,(H,29,30)/b28-15-. The number of amides is 1. The van der Waals surface area contributed by atoms with Crippen molar-refractivity contribution in [2.24, 2.45) is 5.10 Å². The number of nitrogens with zero attached hydrogens (tertiary/aromatic N) is 1. The predicted molar refractivity (Wildman–Crippen MR) is 132 cm³/mol. The van der Waals surface area contributed by atoms with Gasteiger partial charge in [0.05, 0.1) is 18.4 Å². The Balaban J connectivity index is 1.29. The van der Waals surface area contributed by atoms with Crippen LogP contribution in [0, 0.1) is 0 Å². The summed E-state index contributed by atoms with van der Waals surface area (Å²) in [4.78, 5) is 24.1. The van der Waals surface area contributed by atoms with Gasteiger partial charge >= 0.3 is 11.9 Å². The van der Waals surface area contributed by atoms with Crippen LogP contribution >= 0.6 is 15.9 Å². The average molecular weight is 537 g/mol. The highest BCUT2D eigenvalue weighted by Crippen LogP contribution is 2.22. The van der Waals surface area contributed by atoms with Crippen molar-refractivity contribution in [1.82, 2.24) is 5.43 Å². The first-order valence-corrected chi connectivity index (χ1v) is 11.5. The summed E-state index contributed by atoms with van der Waals surface area (Å²) in [5, 5.41) is 3.92. The average Bonchev–Trinajstić information content (AvgIpc) is 3.54. The minimum atomic E-state index is -0.502. The van der Waals surface area contributed by atoms with E-state index >= 15 is 0 Å². The van der Waals surface area contributed by atoms with Gasteiger partial charge in [0.15, 0.2) is 5.76 Å². The first-order valence-electron chi connectivity index (χ1n) is 10.7. The van der Waals surface area contributed by atoms with E-state index in [0.29, 0.717) is 35.2 Å². The van der Waals surface area contributed by atoms with E-state index in [1.165, 1.54) is 6.21 Å². The number of hydrogen-bond acceptors (Lipinski definition) is 7. The number of benzene rings is 2. The number of hydrazone groups is 1. The van der Waals surface area contributed by atoms with E-state index in [1.54, 1.807) is 55.5 Å². The van der Waals surface area contributed by atoms with Crippen molar-refractivity contribution >= 4 is 34.0 Å². The summed E-state index contributed by atoms with van der Waals surface area (Å²) in [5.74, 6) is 1.46. The fourth-order valence-corrected chi connectivity index (χ4v) is 3.30. The minimum Gasteiger partial charge on any atom is -0.486 e. The maximum Gasteiger partial charge on any atom is 0.338 e. The highest BCUT2D eigenvalue weighted by Gasteiger charge is 2.12. The van der Waals surface area contributed by atoms with E-state index in [0.717, 1.165) is 10.0 Å². The lowest BCUT2D eigenvalue weighted by Crippen LogP contribution is -2.16. The molecule has 0 saturated heterocycles. The van der Waals surface area contributed by atoms with Gasteiger partial charge in [0.1, 0.15) is 29.6 Å². The number of esters is 1. The van der Waals surface area contributed by atoms with Crippen LogP contribution in [0.15, 0.2) is 91.2 Å². The molecule has 0 aliphatic rings. The largest absolute Gasteiger partial charge is 0.486 e. The third kappa shape index (κ3) is 6.48. The zero-order valence-electron chi connectivity index (χ0n) is 18.7. The van der Waals surface area contributed by atoms with E-state index in [4.69, 9.17) is 18.3 Å². The van der Waals surface area contributed by atoms with Crippen molar-refractivity contribution < 1.29 is 27.9 Å². The van der Waals surface area contributed by atoms with Gasteiger partial charge in [-0.15, -0.1) is 0 Å². The van der Waals surface area contributed by atoms with Crippen molar-refractivity contribution in [2.75, 3.05) is 6.61 Å². The molecule has 2 aromatic carbocycles. The van der Waals surface area contributed by atoms with Crippen molar-refractivity contribution in [3.8, 4) is 17.1 Å². The molecular weight excluding hydrogens is 516 g/mol. The first kappa shape index (κ1) is 24.0. The van der Waals surface area contributed by atoms with Gasteiger partial charge in [-0.25, -0.2) is 10.2 Å². The van der Waals surface area contributed by atoms with Crippen molar-refractivity contribution in [2.45, 2.75) is 13.5 Å². The van der Waals surface area contributed by atoms with E-state index in [2.05, 4.69) is 26.5 Å². The first-order chi connectivity index (χ1) is 17.0. The minimum absolute atomic E-state index is 0.110. The molecule has 4 rings (SSSR count). The number of halogens is 1. The highest BCUT2D eigenvalue weighted by atomic mass is 79.9. The van der Waals surface area contributed by atoms with E-state index in [-0.39, 0.29) is 18.3 Å². The molecular formula is C26H21BrN2O6. The number of nitrogens with one attached hydrogen (secondary N) is 1. The summed E-state index contributed by atoms with van der Waals surface area (Å²) in [6, 6.07) is 21.0. The number of ether oxygens (including phenoxy) is 2. The van der Waals surface area contributed by atoms with Gasteiger partial charge in [-0.05, 0) is 67.6 Å². The second kappa shape index (κ2) is 11.3. The van der Waals surface area contributed by atoms with Crippen molar-refractivity contribution in [1.29, 1.82) is 0 Å². The summed E-state index contributed by atoms with van der Waals surface area (Å²) in [6.45, 7) is 2.27. The van der Waals surface area contributed by atoms with Crippen LogP contribution in [-0.4, -0.2) is 24.7 Å². The van der Waals surface area contributed by atoms with E-state index in [9.17, 15) is 9.59 Å². The lowest BCUT2D eigenvalue weighted by atomic mass is 10.1. The molecule has 178 valence electrons. The molecule has 1 amide bonds. The molecule has 0 atom stereocenters. The third-order valence-corrected chi connectivity index (χ3v) is 5.27. The molecule has 0 saturated carbocycles. The highest BCUT2D eigenvalue weighted by molar-refractivity contribution is 9.10. The Hall–Kier alpha value is -4.11. The fraction of sp³-hybridized carbons (Fsp3) is 0.115. The van der Waals surface area contributed by atoms with Crippen molar-refractivity contribution in [3.05, 3.63) is 100 Å². The zero-order chi connectivity index (χ0) is 24.6. The normalized spacial score (nSPS) is 10.9. The number of rotatable bonds is 9. The van der Waals surface area contributed by atoms with Gasteiger partial charge in [-0.3, -0.25) is 4.79 Å². The van der Waals surface area contributed by atoms with Gasteiger partial charge < -0.3 is 18.3 Å². The summed E-state index contributed by atoms with van der Waals surface area (Å²) < 4.78 is 22.8. The fourth-order valence-electron chi connectivity index (χ4n) is 3.03. The maximum atomic E-state index is 12.3. The van der Waals surface area contributed by atoms with Crippen LogP contribution in [0.4, 0.5) is 0 Å². The molecule has 2 aromatic heterocycles.